The molecule has 1 aromatic rings. The fourth-order valence-electron chi connectivity index (χ4n) is 1.67. The Hall–Kier alpha value is -2.09. The molecule has 6 nitrogen and oxygen atoms in total. The van der Waals surface area contributed by atoms with Crippen molar-refractivity contribution in [2.75, 3.05) is 18.8 Å². The molecule has 0 saturated heterocycles. The van der Waals surface area contributed by atoms with Crippen LogP contribution in [-0.2, 0) is 10.0 Å². The van der Waals surface area contributed by atoms with Gasteiger partial charge in [0.25, 0.3) is 0 Å². The molecule has 0 fully saturated rings. The molecule has 1 rings (SSSR count). The minimum atomic E-state index is -3.95. The lowest BCUT2D eigenvalue weighted by molar-refractivity contribution is 0.479. The van der Waals surface area contributed by atoms with Crippen molar-refractivity contribution >= 4 is 15.7 Å². The van der Waals surface area contributed by atoms with Gasteiger partial charge in [-0.2, -0.15) is 14.8 Å². The van der Waals surface area contributed by atoms with Crippen LogP contribution in [0.1, 0.15) is 11.1 Å². The molecule has 19 heavy (non-hydrogen) atoms. The molecule has 0 heterocycles. The summed E-state index contributed by atoms with van der Waals surface area (Å²) in [6.07, 6.45) is 0. The zero-order chi connectivity index (χ0) is 14.6. The van der Waals surface area contributed by atoms with Gasteiger partial charge in [-0.1, -0.05) is 6.07 Å². The van der Waals surface area contributed by atoms with Crippen LogP contribution in [0.3, 0.4) is 0 Å². The molecule has 7 heteroatoms. The second kappa shape index (κ2) is 5.70. The predicted octanol–water partition coefficient (Wildman–Crippen LogP) is 0.923. The summed E-state index contributed by atoms with van der Waals surface area (Å²) < 4.78 is 25.7. The number of anilines is 1. The maximum atomic E-state index is 12.4. The Labute approximate surface area is 112 Å². The normalized spacial score (nSPS) is 11.0. The van der Waals surface area contributed by atoms with Crippen molar-refractivity contribution < 1.29 is 8.42 Å². The van der Waals surface area contributed by atoms with E-state index in [1.807, 2.05) is 0 Å². The van der Waals surface area contributed by atoms with Gasteiger partial charge in [-0.3, -0.25) is 0 Å². The second-order valence-corrected chi connectivity index (χ2v) is 5.89. The summed E-state index contributed by atoms with van der Waals surface area (Å²) in [7, 11) is -3.95. The summed E-state index contributed by atoms with van der Waals surface area (Å²) >= 11 is 0. The molecule has 0 radical (unpaired) electrons. The molecule has 0 aliphatic carbocycles. The van der Waals surface area contributed by atoms with Crippen molar-refractivity contribution in [3.63, 3.8) is 0 Å². The van der Waals surface area contributed by atoms with E-state index in [0.29, 0.717) is 5.56 Å². The smallest absolute Gasteiger partial charge is 0.247 e. The monoisotopic (exact) mass is 278 g/mol. The predicted molar refractivity (Wildman–Crippen MR) is 70.3 cm³/mol. The van der Waals surface area contributed by atoms with Gasteiger partial charge in [0, 0.05) is 0 Å². The molecular weight excluding hydrogens is 264 g/mol. The quantitative estimate of drug-likeness (QED) is 0.650. The van der Waals surface area contributed by atoms with Gasteiger partial charge in [0.05, 0.1) is 17.8 Å². The summed E-state index contributed by atoms with van der Waals surface area (Å²) in [5.74, 6) is 0. The van der Waals surface area contributed by atoms with Gasteiger partial charge >= 0.3 is 0 Å². The van der Waals surface area contributed by atoms with E-state index in [1.54, 1.807) is 32.1 Å². The van der Waals surface area contributed by atoms with Gasteiger partial charge in [0.2, 0.25) is 10.0 Å². The molecule has 100 valence electrons. The lowest BCUT2D eigenvalue weighted by atomic mass is 10.1. The largest absolute Gasteiger partial charge is 0.398 e. The van der Waals surface area contributed by atoms with Crippen LogP contribution in [0.2, 0.25) is 0 Å². The number of nitriles is 2. The Kier molecular flexibility index (Phi) is 4.49. The average Bonchev–Trinajstić information content (AvgIpc) is 2.34. The van der Waals surface area contributed by atoms with Gasteiger partial charge < -0.3 is 5.73 Å². The SMILES string of the molecule is Cc1ccc(N)c(S(=O)(=O)N(CC#N)CC#N)c1C. The van der Waals surface area contributed by atoms with Crippen LogP contribution < -0.4 is 5.73 Å². The number of nitrogens with zero attached hydrogens (tertiary/aromatic N) is 3. The number of nitrogens with two attached hydrogens (primary N) is 1. The Bertz CT molecular complexity index is 652. The van der Waals surface area contributed by atoms with Crippen LogP contribution >= 0.6 is 0 Å². The van der Waals surface area contributed by atoms with E-state index in [9.17, 15) is 8.42 Å². The molecule has 0 aromatic heterocycles. The van der Waals surface area contributed by atoms with Gasteiger partial charge in [-0.25, -0.2) is 8.42 Å². The standard InChI is InChI=1S/C12H14N4O2S/c1-9-3-4-11(15)12(10(9)2)19(17,18)16(7-5-13)8-6-14/h3-4H,7-8,15H2,1-2H3. The van der Waals surface area contributed by atoms with Gasteiger partial charge in [0.1, 0.15) is 18.0 Å². The molecule has 0 saturated carbocycles. The molecule has 0 unspecified atom stereocenters. The zero-order valence-electron chi connectivity index (χ0n) is 10.7. The summed E-state index contributed by atoms with van der Waals surface area (Å²) in [6, 6.07) is 6.70. The van der Waals surface area contributed by atoms with Gasteiger partial charge in [-0.05, 0) is 31.0 Å². The third-order valence-electron chi connectivity index (χ3n) is 2.80. The minimum Gasteiger partial charge on any atom is -0.398 e. The van der Waals surface area contributed by atoms with Crippen molar-refractivity contribution in [1.29, 1.82) is 10.5 Å². The first-order chi connectivity index (χ1) is 8.86. The first kappa shape index (κ1) is 15.0. The van der Waals surface area contributed by atoms with E-state index in [0.717, 1.165) is 9.87 Å². The van der Waals surface area contributed by atoms with Crippen LogP contribution in [0, 0.1) is 36.5 Å². The van der Waals surface area contributed by atoms with Crippen LogP contribution in [0.25, 0.3) is 0 Å². The Morgan fingerprint density at radius 3 is 2.21 bits per heavy atom. The number of aryl methyl sites for hydroxylation is 1. The molecule has 0 bridgehead atoms. The first-order valence-corrected chi connectivity index (χ1v) is 6.90. The molecular formula is C12H14N4O2S. The lowest BCUT2D eigenvalue weighted by Crippen LogP contribution is -2.33. The molecule has 0 spiro atoms. The van der Waals surface area contributed by atoms with E-state index in [-0.39, 0.29) is 23.7 Å². The summed E-state index contributed by atoms with van der Waals surface area (Å²) in [6.45, 7) is 2.65. The lowest BCUT2D eigenvalue weighted by Gasteiger charge is -2.19. The van der Waals surface area contributed by atoms with E-state index >= 15 is 0 Å². The minimum absolute atomic E-state index is 0.0296. The topological polar surface area (TPSA) is 111 Å². The van der Waals surface area contributed by atoms with E-state index in [1.165, 1.54) is 6.07 Å². The van der Waals surface area contributed by atoms with Gasteiger partial charge in [-0.15, -0.1) is 0 Å². The first-order valence-electron chi connectivity index (χ1n) is 5.46. The van der Waals surface area contributed by atoms with Crippen molar-refractivity contribution in [3.8, 4) is 12.1 Å². The number of sulfonamides is 1. The van der Waals surface area contributed by atoms with Crippen LogP contribution in [0.5, 0.6) is 0 Å². The van der Waals surface area contributed by atoms with E-state index < -0.39 is 10.0 Å². The third-order valence-corrected chi connectivity index (χ3v) is 4.80. The van der Waals surface area contributed by atoms with E-state index in [2.05, 4.69) is 0 Å². The van der Waals surface area contributed by atoms with Crippen LogP contribution in [0.4, 0.5) is 5.69 Å². The van der Waals surface area contributed by atoms with Crippen LogP contribution in [0.15, 0.2) is 17.0 Å². The second-order valence-electron chi connectivity index (χ2n) is 4.02. The molecule has 1 aromatic carbocycles. The molecule has 0 aliphatic heterocycles. The molecule has 0 aliphatic rings. The highest BCUT2D eigenvalue weighted by Gasteiger charge is 2.28. The summed E-state index contributed by atoms with van der Waals surface area (Å²) in [5.41, 5.74) is 7.16. The van der Waals surface area contributed by atoms with Crippen molar-refractivity contribution in [2.24, 2.45) is 0 Å². The zero-order valence-corrected chi connectivity index (χ0v) is 11.5. The Balaban J connectivity index is 3.47. The molecule has 0 atom stereocenters. The third kappa shape index (κ3) is 2.84. The van der Waals surface area contributed by atoms with Gasteiger partial charge in [0.15, 0.2) is 0 Å². The Morgan fingerprint density at radius 2 is 1.74 bits per heavy atom. The highest BCUT2D eigenvalue weighted by molar-refractivity contribution is 7.89. The maximum Gasteiger partial charge on any atom is 0.247 e. The Morgan fingerprint density at radius 1 is 1.21 bits per heavy atom. The summed E-state index contributed by atoms with van der Waals surface area (Å²) in [4.78, 5) is -0.0296. The average molecular weight is 278 g/mol. The molecule has 2 N–H and O–H groups in total. The number of benzene rings is 1. The number of rotatable bonds is 4. The highest BCUT2D eigenvalue weighted by Crippen LogP contribution is 2.27. The highest BCUT2D eigenvalue weighted by atomic mass is 32.2. The van der Waals surface area contributed by atoms with Crippen LogP contribution in [-0.4, -0.2) is 25.8 Å². The number of hydrogen-bond donors (Lipinski definition) is 1. The van der Waals surface area contributed by atoms with Crippen molar-refractivity contribution in [1.82, 2.24) is 4.31 Å². The number of hydrogen-bond acceptors (Lipinski definition) is 5. The summed E-state index contributed by atoms with van der Waals surface area (Å²) in [5, 5.41) is 17.3. The number of nitrogen functional groups attached to an aromatic ring is 1. The maximum absolute atomic E-state index is 12.4. The molecule has 0 amide bonds. The van der Waals surface area contributed by atoms with Crippen molar-refractivity contribution in [2.45, 2.75) is 18.7 Å². The fraction of sp³-hybridized carbons (Fsp3) is 0.333. The fourth-order valence-corrected chi connectivity index (χ4v) is 3.29. The van der Waals surface area contributed by atoms with Crippen molar-refractivity contribution in [3.05, 3.63) is 23.3 Å². The van der Waals surface area contributed by atoms with E-state index in [4.69, 9.17) is 16.3 Å².